The Labute approximate surface area is 156 Å². The van der Waals surface area contributed by atoms with Crippen LogP contribution in [-0.2, 0) is 7.05 Å². The van der Waals surface area contributed by atoms with Crippen LogP contribution in [0.2, 0.25) is 0 Å². The largest absolute Gasteiger partial charge is 0.442 e. The maximum absolute atomic E-state index is 12.9. The number of nitrogens with one attached hydrogen (secondary N) is 1. The highest BCUT2D eigenvalue weighted by Crippen LogP contribution is 2.25. The first kappa shape index (κ1) is 17.3. The summed E-state index contributed by atoms with van der Waals surface area (Å²) in [5.41, 5.74) is 1.91. The average Bonchev–Trinajstić information content (AvgIpc) is 3.02. The molecule has 0 spiro atoms. The number of hydrogen-bond donors (Lipinski definition) is 1. The lowest BCUT2D eigenvalue weighted by molar-refractivity contribution is 0.102. The van der Waals surface area contributed by atoms with Crippen LogP contribution in [0.3, 0.4) is 0 Å². The molecule has 0 aliphatic carbocycles. The van der Waals surface area contributed by atoms with Crippen LogP contribution in [0.15, 0.2) is 39.8 Å². The van der Waals surface area contributed by atoms with E-state index in [1.165, 1.54) is 30.2 Å². The Morgan fingerprint density at radius 2 is 2.00 bits per heavy atom. The number of anilines is 2. The van der Waals surface area contributed by atoms with E-state index in [4.69, 9.17) is 4.42 Å². The number of hydrogen-bond acceptors (Lipinski definition) is 5. The highest BCUT2D eigenvalue weighted by atomic mass is 16.3. The molecule has 1 aliphatic heterocycles. The number of carbonyl (C=O) groups is 1. The molecule has 1 amide bonds. The minimum atomic E-state index is -0.368. The number of carbonyl (C=O) groups excluding carboxylic acids is 1. The number of piperidine rings is 1. The topological polar surface area (TPSA) is 80.4 Å². The van der Waals surface area contributed by atoms with Crippen molar-refractivity contribution in [1.29, 1.82) is 0 Å². The van der Waals surface area contributed by atoms with E-state index in [0.29, 0.717) is 11.4 Å². The molecule has 1 aromatic carbocycles. The van der Waals surface area contributed by atoms with Gasteiger partial charge in [0, 0.05) is 31.5 Å². The van der Waals surface area contributed by atoms with E-state index in [1.807, 2.05) is 18.2 Å². The smallest absolute Gasteiger partial charge is 0.265 e. The molecule has 0 radical (unpaired) electrons. The molecule has 27 heavy (non-hydrogen) atoms. The molecule has 7 heteroatoms. The molecule has 3 heterocycles. The summed E-state index contributed by atoms with van der Waals surface area (Å²) < 4.78 is 6.86. The SMILES string of the molecule is Cc1oc2ncn(C)c(=O)c2c1C(=O)Nc1cccc(N2CCCCC2)c1. The molecule has 4 rings (SSSR count). The summed E-state index contributed by atoms with van der Waals surface area (Å²) in [5, 5.41) is 3.11. The van der Waals surface area contributed by atoms with Gasteiger partial charge >= 0.3 is 0 Å². The van der Waals surface area contributed by atoms with E-state index < -0.39 is 0 Å². The fraction of sp³-hybridized carbons (Fsp3) is 0.350. The van der Waals surface area contributed by atoms with Gasteiger partial charge in [-0.25, -0.2) is 4.98 Å². The zero-order chi connectivity index (χ0) is 19.0. The van der Waals surface area contributed by atoms with E-state index in [0.717, 1.165) is 18.8 Å². The van der Waals surface area contributed by atoms with Gasteiger partial charge in [-0.2, -0.15) is 0 Å². The number of aromatic nitrogens is 2. The van der Waals surface area contributed by atoms with Crippen molar-refractivity contribution in [3.05, 3.63) is 52.3 Å². The van der Waals surface area contributed by atoms with E-state index in [1.54, 1.807) is 14.0 Å². The minimum Gasteiger partial charge on any atom is -0.442 e. The zero-order valence-corrected chi connectivity index (χ0v) is 15.5. The van der Waals surface area contributed by atoms with Crippen LogP contribution in [-0.4, -0.2) is 28.5 Å². The van der Waals surface area contributed by atoms with Crippen LogP contribution >= 0.6 is 0 Å². The number of rotatable bonds is 3. The Hall–Kier alpha value is -3.09. The number of benzene rings is 1. The van der Waals surface area contributed by atoms with Crippen molar-refractivity contribution in [3.63, 3.8) is 0 Å². The third-order valence-electron chi connectivity index (χ3n) is 5.00. The highest BCUT2D eigenvalue weighted by Gasteiger charge is 2.22. The van der Waals surface area contributed by atoms with Gasteiger partial charge in [-0.1, -0.05) is 6.07 Å². The maximum atomic E-state index is 12.9. The Morgan fingerprint density at radius 3 is 2.78 bits per heavy atom. The first-order valence-electron chi connectivity index (χ1n) is 9.15. The van der Waals surface area contributed by atoms with Crippen LogP contribution in [0.25, 0.3) is 11.1 Å². The van der Waals surface area contributed by atoms with Gasteiger partial charge in [-0.3, -0.25) is 9.59 Å². The number of fused-ring (bicyclic) bond motifs is 1. The first-order chi connectivity index (χ1) is 13.0. The number of nitrogens with zero attached hydrogens (tertiary/aromatic N) is 3. The Bertz CT molecular complexity index is 1060. The average molecular weight is 366 g/mol. The highest BCUT2D eigenvalue weighted by molar-refractivity contribution is 6.12. The molecule has 0 bridgehead atoms. The summed E-state index contributed by atoms with van der Waals surface area (Å²) in [6.45, 7) is 3.73. The first-order valence-corrected chi connectivity index (χ1v) is 9.15. The molecular formula is C20H22N4O3. The fourth-order valence-corrected chi connectivity index (χ4v) is 3.59. The van der Waals surface area contributed by atoms with Crippen LogP contribution in [0, 0.1) is 6.92 Å². The van der Waals surface area contributed by atoms with Crippen LogP contribution in [0.1, 0.15) is 35.4 Å². The summed E-state index contributed by atoms with van der Waals surface area (Å²) in [6, 6.07) is 7.80. The second-order valence-corrected chi connectivity index (χ2v) is 6.93. The molecule has 1 fully saturated rings. The summed E-state index contributed by atoms with van der Waals surface area (Å²) in [7, 11) is 1.60. The Kier molecular flexibility index (Phi) is 4.43. The molecule has 3 aromatic rings. The molecule has 2 aromatic heterocycles. The third kappa shape index (κ3) is 3.20. The Balaban J connectivity index is 1.65. The lowest BCUT2D eigenvalue weighted by Crippen LogP contribution is -2.29. The predicted molar refractivity (Wildman–Crippen MR) is 104 cm³/mol. The van der Waals surface area contributed by atoms with Crippen molar-refractivity contribution in [1.82, 2.24) is 9.55 Å². The summed E-state index contributed by atoms with van der Waals surface area (Å²) in [4.78, 5) is 31.8. The standard InChI is InChI=1S/C20H22N4O3/c1-13-16(17-19(27-13)21-12-23(2)20(17)26)18(25)22-14-7-6-8-15(11-14)24-9-4-3-5-10-24/h6-8,11-12H,3-5,9-10H2,1-2H3,(H,22,25). The van der Waals surface area contributed by atoms with Gasteiger partial charge in [0.1, 0.15) is 17.5 Å². The maximum Gasteiger partial charge on any atom is 0.265 e. The zero-order valence-electron chi connectivity index (χ0n) is 15.5. The van der Waals surface area contributed by atoms with E-state index in [-0.39, 0.29) is 28.1 Å². The number of amides is 1. The van der Waals surface area contributed by atoms with Gasteiger partial charge in [0.15, 0.2) is 0 Å². The second kappa shape index (κ2) is 6.90. The van der Waals surface area contributed by atoms with Gasteiger partial charge in [-0.15, -0.1) is 0 Å². The quantitative estimate of drug-likeness (QED) is 0.770. The molecule has 1 aliphatic rings. The summed E-state index contributed by atoms with van der Waals surface area (Å²) in [5.74, 6) is 0.0117. The lowest BCUT2D eigenvalue weighted by atomic mass is 10.1. The summed E-state index contributed by atoms with van der Waals surface area (Å²) >= 11 is 0. The molecule has 7 nitrogen and oxygen atoms in total. The van der Waals surface area contributed by atoms with Crippen molar-refractivity contribution in [2.75, 3.05) is 23.3 Å². The van der Waals surface area contributed by atoms with Crippen molar-refractivity contribution in [2.45, 2.75) is 26.2 Å². The predicted octanol–water partition coefficient (Wildman–Crippen LogP) is 3.08. The molecule has 0 saturated carbocycles. The van der Waals surface area contributed by atoms with Crippen LogP contribution in [0.4, 0.5) is 11.4 Å². The van der Waals surface area contributed by atoms with Gasteiger partial charge in [0.2, 0.25) is 5.71 Å². The number of aryl methyl sites for hydroxylation is 2. The normalized spacial score (nSPS) is 14.5. The molecule has 1 saturated heterocycles. The summed E-state index contributed by atoms with van der Waals surface area (Å²) in [6.07, 6.45) is 5.03. The van der Waals surface area contributed by atoms with Crippen LogP contribution < -0.4 is 15.8 Å². The second-order valence-electron chi connectivity index (χ2n) is 6.93. The minimum absolute atomic E-state index is 0.183. The van der Waals surface area contributed by atoms with E-state index in [9.17, 15) is 9.59 Å². The molecular weight excluding hydrogens is 344 g/mol. The van der Waals surface area contributed by atoms with Crippen LogP contribution in [0.5, 0.6) is 0 Å². The van der Waals surface area contributed by atoms with E-state index >= 15 is 0 Å². The van der Waals surface area contributed by atoms with Crippen molar-refractivity contribution < 1.29 is 9.21 Å². The fourth-order valence-electron chi connectivity index (χ4n) is 3.59. The third-order valence-corrected chi connectivity index (χ3v) is 5.00. The van der Waals surface area contributed by atoms with Crippen molar-refractivity contribution in [2.24, 2.45) is 7.05 Å². The lowest BCUT2D eigenvalue weighted by Gasteiger charge is -2.29. The van der Waals surface area contributed by atoms with Crippen molar-refractivity contribution >= 4 is 28.4 Å². The molecule has 1 N–H and O–H groups in total. The van der Waals surface area contributed by atoms with E-state index in [2.05, 4.69) is 21.3 Å². The van der Waals surface area contributed by atoms with Gasteiger partial charge in [0.05, 0.1) is 5.56 Å². The molecule has 0 atom stereocenters. The monoisotopic (exact) mass is 366 g/mol. The number of furan rings is 1. The molecule has 0 unspecified atom stereocenters. The van der Waals surface area contributed by atoms with Crippen molar-refractivity contribution in [3.8, 4) is 0 Å². The Morgan fingerprint density at radius 1 is 1.22 bits per heavy atom. The van der Waals surface area contributed by atoms with Gasteiger partial charge < -0.3 is 19.2 Å². The molecule has 140 valence electrons. The van der Waals surface area contributed by atoms with Gasteiger partial charge in [0.25, 0.3) is 11.5 Å². The van der Waals surface area contributed by atoms with Gasteiger partial charge in [-0.05, 0) is 44.4 Å².